The molecule has 82 valence electrons. The summed E-state index contributed by atoms with van der Waals surface area (Å²) in [6, 6.07) is 0.0198. The van der Waals surface area contributed by atoms with Gasteiger partial charge in [-0.1, -0.05) is 0 Å². The fourth-order valence-corrected chi connectivity index (χ4v) is 1.47. The molecule has 0 aliphatic carbocycles. The lowest BCUT2D eigenvalue weighted by Gasteiger charge is -2.16. The van der Waals surface area contributed by atoms with E-state index < -0.39 is 0 Å². The molecule has 1 N–H and O–H groups in total. The van der Waals surface area contributed by atoms with Gasteiger partial charge in [0.25, 0.3) is 0 Å². The Labute approximate surface area is 85.6 Å². The first-order valence-electron chi connectivity index (χ1n) is 5.30. The Morgan fingerprint density at radius 3 is 3.00 bits per heavy atom. The summed E-state index contributed by atoms with van der Waals surface area (Å²) in [5.41, 5.74) is 0. The molecule has 14 heavy (non-hydrogen) atoms. The van der Waals surface area contributed by atoms with Crippen LogP contribution in [0.5, 0.6) is 0 Å². The third-order valence-corrected chi connectivity index (χ3v) is 2.67. The van der Waals surface area contributed by atoms with Crippen LogP contribution in [0.1, 0.15) is 19.8 Å². The second-order valence-corrected chi connectivity index (χ2v) is 3.76. The van der Waals surface area contributed by atoms with Crippen LogP contribution in [-0.2, 0) is 4.74 Å². The first-order chi connectivity index (χ1) is 6.74. The Morgan fingerprint density at radius 2 is 2.43 bits per heavy atom. The summed E-state index contributed by atoms with van der Waals surface area (Å²) in [6.45, 7) is 5.22. The Balaban J connectivity index is 2.05. The van der Waals surface area contributed by atoms with Gasteiger partial charge >= 0.3 is 6.03 Å². The number of rotatable bonds is 4. The number of hydrogen-bond donors (Lipinski definition) is 1. The molecule has 1 aliphatic heterocycles. The third kappa shape index (κ3) is 3.54. The van der Waals surface area contributed by atoms with Crippen LogP contribution in [0, 0.1) is 5.92 Å². The van der Waals surface area contributed by atoms with Crippen LogP contribution in [0.25, 0.3) is 0 Å². The van der Waals surface area contributed by atoms with E-state index in [1.165, 1.54) is 0 Å². The molecular weight excluding hydrogens is 180 g/mol. The van der Waals surface area contributed by atoms with E-state index in [2.05, 4.69) is 5.32 Å². The Bertz CT molecular complexity index is 179. The summed E-state index contributed by atoms with van der Waals surface area (Å²) in [5, 5.41) is 2.89. The molecule has 1 unspecified atom stereocenters. The summed E-state index contributed by atoms with van der Waals surface area (Å²) in [6.07, 6.45) is 2.17. The van der Waals surface area contributed by atoms with Crippen molar-refractivity contribution in [2.75, 3.05) is 33.4 Å². The van der Waals surface area contributed by atoms with E-state index in [9.17, 15) is 4.79 Å². The van der Waals surface area contributed by atoms with E-state index in [0.717, 1.165) is 39.1 Å². The Morgan fingerprint density at radius 1 is 1.64 bits per heavy atom. The minimum Gasteiger partial charge on any atom is -0.381 e. The highest BCUT2D eigenvalue weighted by atomic mass is 16.5. The SMILES string of the molecule is CCN(C)C(=O)NCCC1CCOC1. The van der Waals surface area contributed by atoms with E-state index in [1.54, 1.807) is 11.9 Å². The molecule has 1 atom stereocenters. The van der Waals surface area contributed by atoms with Gasteiger partial charge in [0.2, 0.25) is 0 Å². The number of carbonyl (C=O) groups is 1. The maximum absolute atomic E-state index is 11.3. The van der Waals surface area contributed by atoms with E-state index in [4.69, 9.17) is 4.74 Å². The minimum absolute atomic E-state index is 0.0198. The molecule has 0 aromatic carbocycles. The smallest absolute Gasteiger partial charge is 0.317 e. The summed E-state index contributed by atoms with van der Waals surface area (Å²) >= 11 is 0. The highest BCUT2D eigenvalue weighted by Crippen LogP contribution is 2.15. The van der Waals surface area contributed by atoms with Crippen molar-refractivity contribution in [3.05, 3.63) is 0 Å². The van der Waals surface area contributed by atoms with Gasteiger partial charge in [-0.25, -0.2) is 4.79 Å². The number of hydrogen-bond acceptors (Lipinski definition) is 2. The van der Waals surface area contributed by atoms with Gasteiger partial charge in [0.15, 0.2) is 0 Å². The van der Waals surface area contributed by atoms with Crippen LogP contribution in [-0.4, -0.2) is 44.3 Å². The van der Waals surface area contributed by atoms with Crippen molar-refractivity contribution in [1.82, 2.24) is 10.2 Å². The molecule has 1 rings (SSSR count). The minimum atomic E-state index is 0.0198. The lowest BCUT2D eigenvalue weighted by Crippen LogP contribution is -2.37. The first kappa shape index (κ1) is 11.3. The van der Waals surface area contributed by atoms with E-state index in [-0.39, 0.29) is 6.03 Å². The fraction of sp³-hybridized carbons (Fsp3) is 0.900. The highest BCUT2D eigenvalue weighted by Gasteiger charge is 2.15. The van der Waals surface area contributed by atoms with Crippen molar-refractivity contribution in [2.45, 2.75) is 19.8 Å². The molecule has 0 aromatic heterocycles. The highest BCUT2D eigenvalue weighted by molar-refractivity contribution is 5.73. The zero-order valence-electron chi connectivity index (χ0n) is 9.08. The first-order valence-corrected chi connectivity index (χ1v) is 5.30. The monoisotopic (exact) mass is 200 g/mol. The van der Waals surface area contributed by atoms with Crippen molar-refractivity contribution >= 4 is 6.03 Å². The maximum Gasteiger partial charge on any atom is 0.317 e. The molecule has 1 saturated heterocycles. The molecular formula is C10H20N2O2. The normalized spacial score (nSPS) is 20.9. The number of ether oxygens (including phenoxy) is 1. The molecule has 4 heteroatoms. The van der Waals surface area contributed by atoms with Crippen LogP contribution in [0.2, 0.25) is 0 Å². The molecule has 1 heterocycles. The number of nitrogens with one attached hydrogen (secondary N) is 1. The number of amides is 2. The summed E-state index contributed by atoms with van der Waals surface area (Å²) < 4.78 is 5.26. The molecule has 0 aromatic rings. The van der Waals surface area contributed by atoms with Crippen molar-refractivity contribution in [1.29, 1.82) is 0 Å². The van der Waals surface area contributed by atoms with Crippen LogP contribution < -0.4 is 5.32 Å². The number of urea groups is 1. The van der Waals surface area contributed by atoms with Gasteiger partial charge in [0, 0.05) is 33.4 Å². The molecule has 0 radical (unpaired) electrons. The zero-order valence-corrected chi connectivity index (χ0v) is 9.08. The molecule has 0 bridgehead atoms. The van der Waals surface area contributed by atoms with Crippen molar-refractivity contribution < 1.29 is 9.53 Å². The number of carbonyl (C=O) groups excluding carboxylic acids is 1. The average Bonchev–Trinajstić information content (AvgIpc) is 2.69. The predicted molar refractivity (Wildman–Crippen MR) is 55.2 cm³/mol. The summed E-state index contributed by atoms with van der Waals surface area (Å²) in [5.74, 6) is 0.641. The Kier molecular flexibility index (Phi) is 4.73. The zero-order chi connectivity index (χ0) is 10.4. The average molecular weight is 200 g/mol. The lowest BCUT2D eigenvalue weighted by molar-refractivity contribution is 0.183. The molecule has 4 nitrogen and oxygen atoms in total. The van der Waals surface area contributed by atoms with Crippen molar-refractivity contribution in [3.63, 3.8) is 0 Å². The van der Waals surface area contributed by atoms with Gasteiger partial charge in [0.05, 0.1) is 0 Å². The van der Waals surface area contributed by atoms with Crippen molar-refractivity contribution in [3.8, 4) is 0 Å². The largest absolute Gasteiger partial charge is 0.381 e. The topological polar surface area (TPSA) is 41.6 Å². The number of nitrogens with zero attached hydrogens (tertiary/aromatic N) is 1. The van der Waals surface area contributed by atoms with Crippen molar-refractivity contribution in [2.24, 2.45) is 5.92 Å². The van der Waals surface area contributed by atoms with Crippen LogP contribution >= 0.6 is 0 Å². The molecule has 2 amide bonds. The van der Waals surface area contributed by atoms with Gasteiger partial charge in [-0.15, -0.1) is 0 Å². The quantitative estimate of drug-likeness (QED) is 0.737. The van der Waals surface area contributed by atoms with Gasteiger partial charge in [-0.2, -0.15) is 0 Å². The lowest BCUT2D eigenvalue weighted by atomic mass is 10.1. The predicted octanol–water partition coefficient (Wildman–Crippen LogP) is 1.07. The molecule has 1 aliphatic rings. The van der Waals surface area contributed by atoms with E-state index in [1.807, 2.05) is 6.92 Å². The Hall–Kier alpha value is -0.770. The van der Waals surface area contributed by atoms with Gasteiger partial charge in [-0.05, 0) is 25.7 Å². The molecule has 0 spiro atoms. The fourth-order valence-electron chi connectivity index (χ4n) is 1.47. The van der Waals surface area contributed by atoms with Gasteiger partial charge in [0.1, 0.15) is 0 Å². The standard InChI is InChI=1S/C10H20N2O2/c1-3-12(2)10(13)11-6-4-9-5-7-14-8-9/h9H,3-8H2,1-2H3,(H,11,13). The van der Waals surface area contributed by atoms with Crippen LogP contribution in [0.4, 0.5) is 4.79 Å². The third-order valence-electron chi connectivity index (χ3n) is 2.67. The van der Waals surface area contributed by atoms with E-state index in [0.29, 0.717) is 5.92 Å². The van der Waals surface area contributed by atoms with Crippen LogP contribution in [0.3, 0.4) is 0 Å². The van der Waals surface area contributed by atoms with Gasteiger partial charge in [-0.3, -0.25) is 0 Å². The second kappa shape index (κ2) is 5.86. The summed E-state index contributed by atoms with van der Waals surface area (Å²) in [7, 11) is 1.80. The van der Waals surface area contributed by atoms with E-state index >= 15 is 0 Å². The summed E-state index contributed by atoms with van der Waals surface area (Å²) in [4.78, 5) is 13.0. The van der Waals surface area contributed by atoms with Crippen LogP contribution in [0.15, 0.2) is 0 Å². The molecule has 1 fully saturated rings. The molecule has 0 saturated carbocycles. The maximum atomic E-state index is 11.3. The van der Waals surface area contributed by atoms with Gasteiger partial charge < -0.3 is 15.0 Å². The second-order valence-electron chi connectivity index (χ2n) is 3.76.